The summed E-state index contributed by atoms with van der Waals surface area (Å²) in [6.07, 6.45) is 7.14. The van der Waals surface area contributed by atoms with E-state index in [1.807, 2.05) is 0 Å². The number of likely N-dealkylation sites (N-methyl/N-ethyl adjacent to an activating group) is 1. The molecule has 1 aliphatic carbocycles. The van der Waals surface area contributed by atoms with Gasteiger partial charge in [-0.2, -0.15) is 0 Å². The van der Waals surface area contributed by atoms with E-state index in [1.54, 1.807) is 0 Å². The largest absolute Gasteiger partial charge is 0.354 e. The van der Waals surface area contributed by atoms with Crippen LogP contribution >= 0.6 is 0 Å². The second-order valence-electron chi connectivity index (χ2n) is 7.58. The highest BCUT2D eigenvalue weighted by Crippen LogP contribution is 2.34. The van der Waals surface area contributed by atoms with Gasteiger partial charge in [0.15, 0.2) is 0 Å². The molecule has 0 atom stereocenters. The van der Waals surface area contributed by atoms with E-state index in [9.17, 15) is 4.79 Å². The van der Waals surface area contributed by atoms with Gasteiger partial charge in [0.25, 0.3) is 0 Å². The highest BCUT2D eigenvalue weighted by atomic mass is 16.1. The summed E-state index contributed by atoms with van der Waals surface area (Å²) in [7, 11) is 0. The highest BCUT2D eigenvalue weighted by Gasteiger charge is 2.39. The van der Waals surface area contributed by atoms with Crippen molar-refractivity contribution >= 4 is 5.91 Å². The molecule has 1 heterocycles. The van der Waals surface area contributed by atoms with Gasteiger partial charge in [-0.3, -0.25) is 9.69 Å². The average molecular weight is 309 g/mol. The summed E-state index contributed by atoms with van der Waals surface area (Å²) < 4.78 is 0. The van der Waals surface area contributed by atoms with E-state index in [4.69, 9.17) is 0 Å². The van der Waals surface area contributed by atoms with Gasteiger partial charge in [0.05, 0.1) is 0 Å². The maximum Gasteiger partial charge on any atom is 0.220 e. The Balaban J connectivity index is 1.94. The molecule has 1 saturated carbocycles. The van der Waals surface area contributed by atoms with E-state index >= 15 is 0 Å². The summed E-state index contributed by atoms with van der Waals surface area (Å²) in [5, 5.41) is 3.25. The van der Waals surface area contributed by atoms with Gasteiger partial charge in [0, 0.05) is 44.7 Å². The van der Waals surface area contributed by atoms with Crippen LogP contribution in [0.4, 0.5) is 0 Å². The first-order valence-corrected chi connectivity index (χ1v) is 9.30. The van der Waals surface area contributed by atoms with E-state index in [2.05, 4.69) is 35.9 Å². The number of carbonyl (C=O) groups excluding carboxylic acids is 1. The van der Waals surface area contributed by atoms with Crippen molar-refractivity contribution in [3.05, 3.63) is 0 Å². The third-order valence-electron chi connectivity index (χ3n) is 5.48. The van der Waals surface area contributed by atoms with Crippen molar-refractivity contribution in [2.75, 3.05) is 39.3 Å². The zero-order chi connectivity index (χ0) is 16.0. The summed E-state index contributed by atoms with van der Waals surface area (Å²) in [5.41, 5.74) is 0.227. The molecule has 2 aliphatic rings. The molecule has 2 fully saturated rings. The monoisotopic (exact) mass is 309 g/mol. The predicted octanol–water partition coefficient (Wildman–Crippen LogP) is 2.49. The zero-order valence-electron chi connectivity index (χ0n) is 14.9. The van der Waals surface area contributed by atoms with Gasteiger partial charge in [-0.1, -0.05) is 40.0 Å². The first kappa shape index (κ1) is 17.7. The Morgan fingerprint density at radius 3 is 2.27 bits per heavy atom. The van der Waals surface area contributed by atoms with Gasteiger partial charge < -0.3 is 10.2 Å². The predicted molar refractivity (Wildman–Crippen MR) is 92.0 cm³/mol. The molecule has 22 heavy (non-hydrogen) atoms. The van der Waals surface area contributed by atoms with Crippen LogP contribution in [0.5, 0.6) is 0 Å². The molecular formula is C18H35N3O. The van der Waals surface area contributed by atoms with Crippen LogP contribution in [0.3, 0.4) is 0 Å². The Labute approximate surface area is 136 Å². The van der Waals surface area contributed by atoms with Gasteiger partial charge in [-0.25, -0.2) is 0 Å². The molecule has 1 aliphatic heterocycles. The molecule has 1 saturated heterocycles. The second-order valence-corrected chi connectivity index (χ2v) is 7.58. The molecule has 2 rings (SSSR count). The van der Waals surface area contributed by atoms with Crippen LogP contribution in [0.2, 0.25) is 0 Å². The summed E-state index contributed by atoms with van der Waals surface area (Å²) >= 11 is 0. The van der Waals surface area contributed by atoms with E-state index in [1.165, 1.54) is 45.2 Å². The molecule has 1 amide bonds. The molecule has 0 aromatic rings. The van der Waals surface area contributed by atoms with Crippen LogP contribution in [0.25, 0.3) is 0 Å². The molecule has 4 nitrogen and oxygen atoms in total. The number of nitrogens with zero attached hydrogens (tertiary/aromatic N) is 2. The van der Waals surface area contributed by atoms with Crippen molar-refractivity contribution in [3.8, 4) is 0 Å². The lowest BCUT2D eigenvalue weighted by Gasteiger charge is -2.50. The second kappa shape index (κ2) is 8.30. The van der Waals surface area contributed by atoms with Gasteiger partial charge in [-0.15, -0.1) is 0 Å². The summed E-state index contributed by atoms with van der Waals surface area (Å²) in [5.74, 6) is 0.669. The highest BCUT2D eigenvalue weighted by molar-refractivity contribution is 5.76. The summed E-state index contributed by atoms with van der Waals surface area (Å²) in [4.78, 5) is 17.3. The van der Waals surface area contributed by atoms with Crippen molar-refractivity contribution in [1.29, 1.82) is 0 Å². The number of hydrogen-bond donors (Lipinski definition) is 1. The molecule has 0 spiro atoms. The van der Waals surface area contributed by atoms with Crippen molar-refractivity contribution in [2.24, 2.45) is 5.92 Å². The van der Waals surface area contributed by atoms with E-state index in [0.29, 0.717) is 12.3 Å². The van der Waals surface area contributed by atoms with E-state index < -0.39 is 0 Å². The Morgan fingerprint density at radius 1 is 1.09 bits per heavy atom. The average Bonchev–Trinajstić information content (AvgIpc) is 2.53. The number of carbonyl (C=O) groups is 1. The van der Waals surface area contributed by atoms with Crippen molar-refractivity contribution in [3.63, 3.8) is 0 Å². The first-order valence-electron chi connectivity index (χ1n) is 9.30. The van der Waals surface area contributed by atoms with Crippen LogP contribution < -0.4 is 5.32 Å². The molecule has 0 unspecified atom stereocenters. The minimum absolute atomic E-state index is 0.227. The third kappa shape index (κ3) is 4.69. The van der Waals surface area contributed by atoms with Crippen LogP contribution in [-0.2, 0) is 4.79 Å². The fraction of sp³-hybridized carbons (Fsp3) is 0.944. The van der Waals surface area contributed by atoms with Crippen LogP contribution in [0.15, 0.2) is 0 Å². The SMILES string of the molecule is CCN1CCN(C2(CNC(=O)CC(C)C)CCCCC2)CC1. The number of nitrogens with one attached hydrogen (secondary N) is 1. The lowest BCUT2D eigenvalue weighted by atomic mass is 9.79. The first-order chi connectivity index (χ1) is 10.6. The normalized spacial score (nSPS) is 23.6. The minimum atomic E-state index is 0.227. The molecule has 4 heteroatoms. The minimum Gasteiger partial charge on any atom is -0.354 e. The molecule has 1 N–H and O–H groups in total. The maximum absolute atomic E-state index is 12.1. The Bertz CT molecular complexity index is 342. The fourth-order valence-electron chi connectivity index (χ4n) is 4.06. The molecule has 0 bridgehead atoms. The lowest BCUT2D eigenvalue weighted by molar-refractivity contribution is -0.122. The molecule has 0 radical (unpaired) electrons. The van der Waals surface area contributed by atoms with E-state index in [-0.39, 0.29) is 11.4 Å². The van der Waals surface area contributed by atoms with Crippen molar-refractivity contribution in [1.82, 2.24) is 15.1 Å². The lowest BCUT2D eigenvalue weighted by Crippen LogP contribution is -2.61. The number of amides is 1. The number of hydrogen-bond acceptors (Lipinski definition) is 3. The fourth-order valence-corrected chi connectivity index (χ4v) is 4.06. The Morgan fingerprint density at radius 2 is 1.73 bits per heavy atom. The summed E-state index contributed by atoms with van der Waals surface area (Å²) in [6, 6.07) is 0. The number of rotatable bonds is 6. The number of piperazine rings is 1. The van der Waals surface area contributed by atoms with Crippen molar-refractivity contribution < 1.29 is 4.79 Å². The van der Waals surface area contributed by atoms with Crippen LogP contribution in [0.1, 0.15) is 59.3 Å². The van der Waals surface area contributed by atoms with Gasteiger partial charge >= 0.3 is 0 Å². The van der Waals surface area contributed by atoms with Gasteiger partial charge in [0.2, 0.25) is 5.91 Å². The molecule has 128 valence electrons. The Kier molecular flexibility index (Phi) is 6.69. The zero-order valence-corrected chi connectivity index (χ0v) is 14.9. The molecular weight excluding hydrogens is 274 g/mol. The summed E-state index contributed by atoms with van der Waals surface area (Å²) in [6.45, 7) is 13.2. The molecule has 0 aromatic heterocycles. The van der Waals surface area contributed by atoms with Crippen molar-refractivity contribution in [2.45, 2.75) is 64.8 Å². The van der Waals surface area contributed by atoms with E-state index in [0.717, 1.165) is 26.2 Å². The molecule has 0 aromatic carbocycles. The van der Waals surface area contributed by atoms with Crippen LogP contribution in [-0.4, -0.2) is 60.5 Å². The third-order valence-corrected chi connectivity index (χ3v) is 5.48. The Hall–Kier alpha value is -0.610. The van der Waals surface area contributed by atoms with Gasteiger partial charge in [0.1, 0.15) is 0 Å². The maximum atomic E-state index is 12.1. The van der Waals surface area contributed by atoms with Gasteiger partial charge in [-0.05, 0) is 25.3 Å². The standard InChI is InChI=1S/C18H35N3O/c1-4-20-10-12-21(13-11-20)18(8-6-5-7-9-18)15-19-17(22)14-16(2)3/h16H,4-15H2,1-3H3,(H,19,22). The van der Waals surface area contributed by atoms with Crippen LogP contribution in [0, 0.1) is 5.92 Å². The topological polar surface area (TPSA) is 35.6 Å². The quantitative estimate of drug-likeness (QED) is 0.819. The smallest absolute Gasteiger partial charge is 0.220 e.